The van der Waals surface area contributed by atoms with Crippen LogP contribution in [0.4, 0.5) is 28.0 Å². The van der Waals surface area contributed by atoms with Crippen molar-refractivity contribution in [3.05, 3.63) is 407 Å². The second kappa shape index (κ2) is 44.2. The van der Waals surface area contributed by atoms with Crippen molar-refractivity contribution in [3.8, 4) is 28.7 Å². The minimum absolute atomic E-state index is 0.0307. The first-order valence-electron chi connectivity index (χ1n) is 45.8. The lowest BCUT2D eigenvalue weighted by Crippen LogP contribution is -2.57. The predicted molar refractivity (Wildman–Crippen MR) is 514 cm³/mol. The summed E-state index contributed by atoms with van der Waals surface area (Å²) in [4.78, 5) is 132. The molecule has 0 bridgehead atoms. The van der Waals surface area contributed by atoms with Crippen molar-refractivity contribution in [2.75, 3.05) is 66.3 Å². The molecule has 17 rings (SSSR count). The van der Waals surface area contributed by atoms with Crippen molar-refractivity contribution in [2.45, 2.75) is 129 Å². The maximum Gasteiger partial charge on any atom is 0.516 e. The van der Waals surface area contributed by atoms with Gasteiger partial charge in [0.1, 0.15) is 29.0 Å². The van der Waals surface area contributed by atoms with E-state index in [1.807, 2.05) is 164 Å². The van der Waals surface area contributed by atoms with Crippen LogP contribution in [0.15, 0.2) is 268 Å². The van der Waals surface area contributed by atoms with Gasteiger partial charge in [-0.15, -0.1) is 0 Å². The molecule has 730 valence electrons. The molecule has 141 heavy (non-hydrogen) atoms. The molecule has 13 aromatic rings. The van der Waals surface area contributed by atoms with Crippen LogP contribution in [0.3, 0.4) is 0 Å². The van der Waals surface area contributed by atoms with Crippen molar-refractivity contribution in [1.82, 2.24) is 58.7 Å². The molecule has 4 amide bonds. The maximum atomic E-state index is 14.5. The number of carbonyl (C=O) groups is 5. The number of carbonyl (C=O) groups excluding carboxylic acids is 5. The quantitative estimate of drug-likeness (QED) is 0.0113. The van der Waals surface area contributed by atoms with Crippen molar-refractivity contribution in [2.24, 2.45) is 5.92 Å². The minimum atomic E-state index is -1.19. The van der Waals surface area contributed by atoms with E-state index in [4.69, 9.17) is 18.9 Å². The number of nitro benzene ring substituents is 1. The number of methoxy groups -OCH3 is 1. The number of hydrogen-bond acceptors (Lipinski definition) is 22. The van der Waals surface area contributed by atoms with Crippen LogP contribution in [-0.2, 0) is 9.47 Å². The van der Waals surface area contributed by atoms with Gasteiger partial charge in [-0.1, -0.05) is 196 Å². The van der Waals surface area contributed by atoms with Crippen LogP contribution < -0.4 is 31.2 Å². The monoisotopic (exact) mass is 1920 g/mol. The predicted octanol–water partition coefficient (Wildman–Crippen LogP) is 16.2. The molecule has 6 atom stereocenters. The molecule has 0 aliphatic carbocycles. The van der Waals surface area contributed by atoms with E-state index in [-0.39, 0.29) is 82.7 Å². The van der Waals surface area contributed by atoms with Crippen LogP contribution >= 0.6 is 0 Å². The van der Waals surface area contributed by atoms with E-state index in [2.05, 4.69) is 20.4 Å². The van der Waals surface area contributed by atoms with Crippen LogP contribution in [-0.4, -0.2) is 181 Å². The molecule has 0 saturated heterocycles. The van der Waals surface area contributed by atoms with E-state index in [0.29, 0.717) is 61.6 Å². The summed E-state index contributed by atoms with van der Waals surface area (Å²) in [6.45, 7) is 18.8. The van der Waals surface area contributed by atoms with Gasteiger partial charge in [0, 0.05) is 88.7 Å². The van der Waals surface area contributed by atoms with Gasteiger partial charge in [-0.25, -0.2) is 22.4 Å². The molecular weight excluding hydrogens is 1820 g/mol. The van der Waals surface area contributed by atoms with E-state index in [0.717, 1.165) is 76.6 Å². The molecule has 0 radical (unpaired) electrons. The Balaban J connectivity index is 0.000000151. The average molecular weight is 1930 g/mol. The standard InChI is InChI=1S/C32H29FN4O8.C25H26FN3O3.C25H27N3O4.C24H23F2N3O3/c1-4-35-17-25(28(21-8-5-7-19(2)13-21)22-9-6-10-23(33)15-22)36-29(31(35)39)30(26(38)16-34-36)43-18-44-32(40)45-27-12-11-24(37(41)42)14-20(27)3;1-15(2)13-28-14-20(29-23(25(28)32)24(31)21(30)12-27-29)22(17-7-4-6-16(3)10-17)18-8-5-9-19(26)11-18;1-25(2,16-32-3)27-15-19(28-22(24(27)31)23(30)20(29)14-26-28)21(17-10-6-4-7-11-17)18-12-8-5-9-13-18;1-2-3-10-28-14-19(29-22(24(28)32)23(31)20(30)13-27-29)21(15-6-4-8-17(25)11-15)16-7-5-9-18(26)12-16/h5-16,25,28H,4,17-18H2,1-3H3;4-12,15,20,22,31H,13-14H2,1-3H3;4-14,19,21,30H,15-16H2,1-3H3;4-9,11-13,19,21,31H,2-3,10,14H2,1H3. The van der Waals surface area contributed by atoms with Gasteiger partial charge in [0.25, 0.3) is 29.3 Å². The van der Waals surface area contributed by atoms with Gasteiger partial charge in [-0.2, -0.15) is 20.4 Å². The number of non-ortho nitro benzene ring substituents is 1. The molecular formula is C106H105F4N13O18. The van der Waals surface area contributed by atoms with E-state index in [1.54, 1.807) is 76.1 Å². The highest BCUT2D eigenvalue weighted by Gasteiger charge is 2.47. The maximum absolute atomic E-state index is 14.5. The van der Waals surface area contributed by atoms with Gasteiger partial charge in [0.2, 0.25) is 34.3 Å². The minimum Gasteiger partial charge on any atom is -0.502 e. The molecule has 35 heteroatoms. The third kappa shape index (κ3) is 22.4. The summed E-state index contributed by atoms with van der Waals surface area (Å²) in [5.74, 6) is -7.16. The lowest BCUT2D eigenvalue weighted by molar-refractivity contribution is -0.384. The highest BCUT2D eigenvalue weighted by Crippen LogP contribution is 2.46. The number of nitro groups is 1. The number of likely N-dealkylation sites (N-methyl/N-ethyl adjacent to an activating group) is 1. The summed E-state index contributed by atoms with van der Waals surface area (Å²) >= 11 is 0. The number of aromatic nitrogens is 8. The SMILES string of the molecule is CCCCN1CC(C(c2cccc(F)c2)c2cccc(F)c2)n2ncc(=O)c(O)c2C1=O.CCN1CC(C(c2cccc(C)c2)c2cccc(F)c2)n2ncc(=O)c(OCOC(=O)Oc3ccc([N+](=O)[O-])cc3C)c2C1=O.COCC(C)(C)N1CC(C(c2ccccc2)c2ccccc2)n2ncc(=O)c(O)c2C1=O.Cc1cccc(C(c2cccc(F)c2)C2CN(CC(C)C)C(=O)c3c(O)c(=O)cnn32)c1. The summed E-state index contributed by atoms with van der Waals surface area (Å²) in [6.07, 6.45) is 4.44. The Morgan fingerprint density at radius 2 is 0.830 bits per heavy atom. The first kappa shape index (κ1) is 101. The van der Waals surface area contributed by atoms with Crippen molar-refractivity contribution < 1.29 is 80.7 Å². The number of nitrogens with zero attached hydrogens (tertiary/aromatic N) is 13. The third-order valence-electron chi connectivity index (χ3n) is 25.1. The van der Waals surface area contributed by atoms with Gasteiger partial charge >= 0.3 is 6.16 Å². The normalized spacial score (nSPS) is 15.8. The second-order valence-corrected chi connectivity index (χ2v) is 35.8. The molecule has 8 heterocycles. The molecule has 4 aliphatic heterocycles. The van der Waals surface area contributed by atoms with Crippen molar-refractivity contribution >= 4 is 35.5 Å². The number of benzene rings is 9. The van der Waals surface area contributed by atoms with Crippen LogP contribution in [0, 0.1) is 60.1 Å². The van der Waals surface area contributed by atoms with Crippen LogP contribution in [0.25, 0.3) is 0 Å². The number of aryl methyl sites for hydroxylation is 3. The molecule has 3 N–H and O–H groups in total. The highest BCUT2D eigenvalue weighted by atomic mass is 19.1. The smallest absolute Gasteiger partial charge is 0.502 e. The zero-order valence-electron chi connectivity index (χ0n) is 78.9. The van der Waals surface area contributed by atoms with Crippen molar-refractivity contribution in [3.63, 3.8) is 0 Å². The Morgan fingerprint density at radius 1 is 0.461 bits per heavy atom. The number of fused-ring (bicyclic) bond motifs is 4. The molecule has 4 aromatic heterocycles. The molecule has 0 fully saturated rings. The Morgan fingerprint density at radius 3 is 1.23 bits per heavy atom. The molecule has 0 spiro atoms. The Hall–Kier alpha value is -16.1. The summed E-state index contributed by atoms with van der Waals surface area (Å²) in [7, 11) is 1.59. The van der Waals surface area contributed by atoms with Gasteiger partial charge in [0.05, 0.1) is 66.0 Å². The number of aromatic hydroxyl groups is 3. The highest BCUT2D eigenvalue weighted by molar-refractivity contribution is 5.98. The van der Waals surface area contributed by atoms with E-state index in [9.17, 15) is 86.1 Å². The Bertz CT molecular complexity index is 6910. The van der Waals surface area contributed by atoms with Gasteiger partial charge in [0.15, 0.2) is 40.0 Å². The summed E-state index contributed by atoms with van der Waals surface area (Å²) < 4.78 is 83.8. The zero-order chi connectivity index (χ0) is 101. The first-order chi connectivity index (χ1) is 67.6. The van der Waals surface area contributed by atoms with E-state index < -0.39 is 133 Å². The lowest BCUT2D eigenvalue weighted by Gasteiger charge is -2.45. The number of unbranched alkanes of at least 4 members (excludes halogenated alkanes) is 1. The summed E-state index contributed by atoms with van der Waals surface area (Å²) in [5, 5.41) is 59.6. The molecule has 4 aliphatic rings. The number of hydrogen-bond donors (Lipinski definition) is 3. The van der Waals surface area contributed by atoms with Crippen LogP contribution in [0.1, 0.15) is 205 Å². The molecule has 31 nitrogen and oxygen atoms in total. The Kier molecular flexibility index (Phi) is 31.6. The number of amides is 4. The summed E-state index contributed by atoms with van der Waals surface area (Å²) in [5.41, 5.74) is 4.51. The first-order valence-corrected chi connectivity index (χ1v) is 45.8. The van der Waals surface area contributed by atoms with Crippen LogP contribution in [0.5, 0.6) is 28.7 Å². The topological polar surface area (TPSA) is 379 Å². The Labute approximate surface area is 807 Å². The van der Waals surface area contributed by atoms with E-state index >= 15 is 0 Å². The third-order valence-corrected chi connectivity index (χ3v) is 25.1. The van der Waals surface area contributed by atoms with Crippen LogP contribution in [0.2, 0.25) is 0 Å². The van der Waals surface area contributed by atoms with Gasteiger partial charge in [-0.05, 0) is 159 Å². The fourth-order valence-electron chi connectivity index (χ4n) is 18.7. The summed E-state index contributed by atoms with van der Waals surface area (Å²) in [6, 6.07) is 61.9. The largest absolute Gasteiger partial charge is 0.516 e. The molecule has 0 saturated carbocycles. The van der Waals surface area contributed by atoms with Gasteiger partial charge in [-0.3, -0.25) is 67.2 Å². The average Bonchev–Trinajstić information content (AvgIpc) is 0.751. The van der Waals surface area contributed by atoms with Crippen molar-refractivity contribution in [1.29, 1.82) is 0 Å². The fourth-order valence-corrected chi connectivity index (χ4v) is 18.7. The molecule has 6 unspecified atom stereocenters. The second-order valence-electron chi connectivity index (χ2n) is 35.8. The number of ether oxygens (including phenoxy) is 4. The number of rotatable bonds is 26. The molecule has 9 aromatic carbocycles. The zero-order valence-corrected chi connectivity index (χ0v) is 78.9. The lowest BCUT2D eigenvalue weighted by atomic mass is 9.83. The fraction of sp³-hybridized carbons (Fsp3) is 0.292. The van der Waals surface area contributed by atoms with E-state index in [1.165, 1.54) is 92.4 Å². The number of halogens is 4. The van der Waals surface area contributed by atoms with Gasteiger partial charge < -0.3 is 53.9 Å².